The molecule has 110 valence electrons. The summed E-state index contributed by atoms with van der Waals surface area (Å²) in [7, 11) is 0. The highest BCUT2D eigenvalue weighted by atomic mass is 19.1. The van der Waals surface area contributed by atoms with Gasteiger partial charge in [-0.15, -0.1) is 0 Å². The molecule has 0 radical (unpaired) electrons. The van der Waals surface area contributed by atoms with Crippen molar-refractivity contribution in [2.45, 2.75) is 44.1 Å². The van der Waals surface area contributed by atoms with Gasteiger partial charge in [-0.2, -0.15) is 0 Å². The van der Waals surface area contributed by atoms with Gasteiger partial charge in [-0.1, -0.05) is 18.2 Å². The molecule has 1 heterocycles. The summed E-state index contributed by atoms with van der Waals surface area (Å²) in [5.41, 5.74) is 9.82. The van der Waals surface area contributed by atoms with E-state index in [9.17, 15) is 4.39 Å². The molecule has 1 aliphatic rings. The minimum absolute atomic E-state index is 0.206. The van der Waals surface area contributed by atoms with Crippen molar-refractivity contribution in [1.29, 1.82) is 0 Å². The Kier molecular flexibility index (Phi) is 3.77. The van der Waals surface area contributed by atoms with Crippen LogP contribution < -0.4 is 5.73 Å². The Bertz CT molecular complexity index is 619. The van der Waals surface area contributed by atoms with Gasteiger partial charge in [-0.25, -0.2) is 4.39 Å². The molecule has 2 aromatic rings. The lowest BCUT2D eigenvalue weighted by Crippen LogP contribution is -2.46. The molecule has 0 bridgehead atoms. The van der Waals surface area contributed by atoms with Gasteiger partial charge in [0.1, 0.15) is 5.82 Å². The smallest absolute Gasteiger partial charge is 0.123 e. The lowest BCUT2D eigenvalue weighted by molar-refractivity contribution is 0.331. The van der Waals surface area contributed by atoms with Gasteiger partial charge in [0, 0.05) is 23.3 Å². The highest BCUT2D eigenvalue weighted by Crippen LogP contribution is 2.38. The number of aromatic nitrogens is 1. The average Bonchev–Trinajstić information content (AvgIpc) is 2.49. The molecule has 1 aromatic heterocycles. The van der Waals surface area contributed by atoms with Crippen LogP contribution in [0.5, 0.6) is 0 Å². The van der Waals surface area contributed by atoms with Gasteiger partial charge in [0.2, 0.25) is 0 Å². The number of fused-ring (bicyclic) bond motifs is 1. The summed E-state index contributed by atoms with van der Waals surface area (Å²) in [6.45, 7) is 2.09. The predicted molar refractivity (Wildman–Crippen MR) is 82.6 cm³/mol. The van der Waals surface area contributed by atoms with Crippen molar-refractivity contribution in [3.8, 4) is 0 Å². The average molecular weight is 284 g/mol. The Morgan fingerprint density at radius 2 is 2.05 bits per heavy atom. The topological polar surface area (TPSA) is 38.9 Å². The molecule has 2 nitrogen and oxygen atoms in total. The van der Waals surface area contributed by atoms with Gasteiger partial charge in [0.15, 0.2) is 0 Å². The molecule has 0 saturated heterocycles. The molecule has 3 heteroatoms. The Hall–Kier alpha value is -1.74. The second-order valence-electron chi connectivity index (χ2n) is 6.30. The molecule has 2 N–H and O–H groups in total. The molecular weight excluding hydrogens is 263 g/mol. The van der Waals surface area contributed by atoms with Crippen molar-refractivity contribution >= 4 is 0 Å². The number of benzene rings is 1. The minimum atomic E-state index is -0.374. The van der Waals surface area contributed by atoms with E-state index < -0.39 is 0 Å². The highest BCUT2D eigenvalue weighted by molar-refractivity contribution is 5.30. The molecule has 3 rings (SSSR count). The van der Waals surface area contributed by atoms with E-state index in [1.165, 1.54) is 17.7 Å². The maximum atomic E-state index is 13.0. The van der Waals surface area contributed by atoms with E-state index in [1.54, 1.807) is 0 Å². The molecule has 0 fully saturated rings. The van der Waals surface area contributed by atoms with E-state index in [0.717, 1.165) is 36.9 Å². The van der Waals surface area contributed by atoms with Crippen LogP contribution in [0.3, 0.4) is 0 Å². The van der Waals surface area contributed by atoms with Gasteiger partial charge < -0.3 is 5.73 Å². The van der Waals surface area contributed by atoms with E-state index in [1.807, 2.05) is 24.4 Å². The van der Waals surface area contributed by atoms with E-state index in [-0.39, 0.29) is 17.3 Å². The number of rotatable bonds is 3. The van der Waals surface area contributed by atoms with Gasteiger partial charge in [0.05, 0.1) is 0 Å². The van der Waals surface area contributed by atoms with Crippen molar-refractivity contribution in [3.05, 3.63) is 65.2 Å². The van der Waals surface area contributed by atoms with Gasteiger partial charge in [-0.05, 0) is 61.9 Å². The molecule has 0 aliphatic heterocycles. The van der Waals surface area contributed by atoms with E-state index in [2.05, 4.69) is 18.0 Å². The van der Waals surface area contributed by atoms with Gasteiger partial charge >= 0.3 is 0 Å². The first kappa shape index (κ1) is 14.2. The third kappa shape index (κ3) is 2.98. The summed E-state index contributed by atoms with van der Waals surface area (Å²) < 4.78 is 13.0. The summed E-state index contributed by atoms with van der Waals surface area (Å²) in [6.07, 6.45) is 5.89. The van der Waals surface area contributed by atoms with Crippen LogP contribution in [0.4, 0.5) is 4.39 Å². The van der Waals surface area contributed by atoms with E-state index >= 15 is 0 Å². The van der Waals surface area contributed by atoms with Crippen molar-refractivity contribution < 1.29 is 4.39 Å². The second-order valence-corrected chi connectivity index (χ2v) is 6.30. The standard InChI is InChI=1S/C18H21FN2/c1-18(20,12-13-7-9-15(19)10-8-13)16-6-2-4-14-5-3-11-21-17(14)16/h3,5,7-11,16H,2,4,6,12,20H2,1H3. The van der Waals surface area contributed by atoms with Gasteiger partial charge in [0.25, 0.3) is 0 Å². The van der Waals surface area contributed by atoms with E-state index in [0.29, 0.717) is 0 Å². The fraction of sp³-hybridized carbons (Fsp3) is 0.389. The summed E-state index contributed by atoms with van der Waals surface area (Å²) >= 11 is 0. The number of hydrogen-bond acceptors (Lipinski definition) is 2. The van der Waals surface area contributed by atoms with Crippen LogP contribution in [-0.4, -0.2) is 10.5 Å². The molecule has 1 aliphatic carbocycles. The number of halogens is 1. The monoisotopic (exact) mass is 284 g/mol. The number of nitrogens with two attached hydrogens (primary N) is 1. The molecule has 0 amide bonds. The number of nitrogens with zero attached hydrogens (tertiary/aromatic N) is 1. The Labute approximate surface area is 125 Å². The Balaban J connectivity index is 1.87. The summed E-state index contributed by atoms with van der Waals surface area (Å²) in [5, 5.41) is 0. The molecule has 1 aromatic carbocycles. The first-order chi connectivity index (χ1) is 10.1. The lowest BCUT2D eigenvalue weighted by atomic mass is 9.72. The fourth-order valence-electron chi connectivity index (χ4n) is 3.42. The second kappa shape index (κ2) is 5.57. The van der Waals surface area contributed by atoms with Gasteiger partial charge in [-0.3, -0.25) is 4.98 Å². The largest absolute Gasteiger partial charge is 0.324 e. The van der Waals surface area contributed by atoms with Crippen LogP contribution in [-0.2, 0) is 12.8 Å². The summed E-state index contributed by atoms with van der Waals surface area (Å²) in [4.78, 5) is 4.58. The third-order valence-corrected chi connectivity index (χ3v) is 4.49. The molecule has 2 atom stereocenters. The van der Waals surface area contributed by atoms with Crippen LogP contribution in [0.25, 0.3) is 0 Å². The summed E-state index contributed by atoms with van der Waals surface area (Å²) in [5.74, 6) is 0.0506. The lowest BCUT2D eigenvalue weighted by Gasteiger charge is -2.37. The SMILES string of the molecule is CC(N)(Cc1ccc(F)cc1)C1CCCc2cccnc21. The predicted octanol–water partition coefficient (Wildman–Crippen LogP) is 3.60. The zero-order valence-electron chi connectivity index (χ0n) is 12.3. The molecule has 2 unspecified atom stereocenters. The van der Waals surface area contributed by atoms with Crippen LogP contribution in [0, 0.1) is 5.82 Å². The van der Waals surface area contributed by atoms with Crippen LogP contribution in [0.1, 0.15) is 42.5 Å². The first-order valence-corrected chi connectivity index (χ1v) is 7.53. The quantitative estimate of drug-likeness (QED) is 0.935. The highest BCUT2D eigenvalue weighted by Gasteiger charge is 2.35. The zero-order chi connectivity index (χ0) is 14.9. The number of aryl methyl sites for hydroxylation is 1. The molecule has 21 heavy (non-hydrogen) atoms. The van der Waals surface area contributed by atoms with Crippen LogP contribution >= 0.6 is 0 Å². The van der Waals surface area contributed by atoms with Crippen LogP contribution in [0.15, 0.2) is 42.6 Å². The zero-order valence-corrected chi connectivity index (χ0v) is 12.3. The molecular formula is C18H21FN2. The number of hydrogen-bond donors (Lipinski definition) is 1. The van der Waals surface area contributed by atoms with Crippen molar-refractivity contribution in [2.24, 2.45) is 5.73 Å². The number of pyridine rings is 1. The first-order valence-electron chi connectivity index (χ1n) is 7.53. The normalized spacial score (nSPS) is 20.6. The van der Waals surface area contributed by atoms with E-state index in [4.69, 9.17) is 5.73 Å². The van der Waals surface area contributed by atoms with Crippen molar-refractivity contribution in [2.75, 3.05) is 0 Å². The minimum Gasteiger partial charge on any atom is -0.324 e. The maximum absolute atomic E-state index is 13.0. The molecule has 0 saturated carbocycles. The third-order valence-electron chi connectivity index (χ3n) is 4.49. The van der Waals surface area contributed by atoms with Crippen LogP contribution in [0.2, 0.25) is 0 Å². The Morgan fingerprint density at radius 3 is 2.81 bits per heavy atom. The van der Waals surface area contributed by atoms with Crippen molar-refractivity contribution in [1.82, 2.24) is 4.98 Å². The fourth-order valence-corrected chi connectivity index (χ4v) is 3.42. The van der Waals surface area contributed by atoms with Crippen molar-refractivity contribution in [3.63, 3.8) is 0 Å². The maximum Gasteiger partial charge on any atom is 0.123 e. The Morgan fingerprint density at radius 1 is 1.29 bits per heavy atom. The molecule has 0 spiro atoms. The summed E-state index contributed by atoms with van der Waals surface area (Å²) in [6, 6.07) is 10.8.